The lowest BCUT2D eigenvalue weighted by atomic mass is 10.3. The highest BCUT2D eigenvalue weighted by Gasteiger charge is 2.05. The molecule has 1 aromatic heterocycles. The van der Waals surface area contributed by atoms with Gasteiger partial charge in [-0.05, 0) is 20.4 Å². The van der Waals surface area contributed by atoms with Crippen LogP contribution in [0, 0.1) is 0 Å². The van der Waals surface area contributed by atoms with Gasteiger partial charge in [-0.1, -0.05) is 0 Å². The lowest BCUT2D eigenvalue weighted by Gasteiger charge is -2.10. The van der Waals surface area contributed by atoms with Gasteiger partial charge in [0.1, 0.15) is 0 Å². The summed E-state index contributed by atoms with van der Waals surface area (Å²) in [6.07, 6.45) is 4.82. The van der Waals surface area contributed by atoms with E-state index in [0.717, 1.165) is 12.1 Å². The van der Waals surface area contributed by atoms with Gasteiger partial charge in [0.2, 0.25) is 5.91 Å². The molecule has 90 valence electrons. The molecule has 0 saturated heterocycles. The number of rotatable bonds is 6. The Morgan fingerprint density at radius 1 is 1.62 bits per heavy atom. The molecule has 0 saturated carbocycles. The van der Waals surface area contributed by atoms with Crippen LogP contribution in [0.2, 0.25) is 0 Å². The van der Waals surface area contributed by atoms with Crippen molar-refractivity contribution in [3.8, 4) is 0 Å². The van der Waals surface area contributed by atoms with Crippen molar-refractivity contribution in [1.82, 2.24) is 14.9 Å². The van der Waals surface area contributed by atoms with Gasteiger partial charge in [0.15, 0.2) is 0 Å². The first-order valence-corrected chi connectivity index (χ1v) is 5.62. The van der Waals surface area contributed by atoms with E-state index in [2.05, 4.69) is 10.3 Å². The predicted octanol–water partition coefficient (Wildman–Crippen LogP) is 0.299. The van der Waals surface area contributed by atoms with Crippen LogP contribution in [0.4, 0.5) is 0 Å². The number of aromatic nitrogens is 2. The molecule has 0 aliphatic carbocycles. The second-order valence-corrected chi connectivity index (χ2v) is 4.09. The first-order chi connectivity index (χ1) is 7.63. The molecule has 0 spiro atoms. The monoisotopic (exact) mass is 224 g/mol. The molecule has 0 aliphatic rings. The number of hydrogen-bond acceptors (Lipinski definition) is 3. The molecule has 0 fully saturated rings. The molecule has 0 aromatic carbocycles. The van der Waals surface area contributed by atoms with Gasteiger partial charge in [-0.2, -0.15) is 0 Å². The summed E-state index contributed by atoms with van der Waals surface area (Å²) in [6.45, 7) is 5.17. The Balaban J connectivity index is 2.41. The van der Waals surface area contributed by atoms with E-state index in [9.17, 15) is 4.79 Å². The van der Waals surface area contributed by atoms with E-state index in [1.54, 1.807) is 12.5 Å². The van der Waals surface area contributed by atoms with Gasteiger partial charge in [0.05, 0.1) is 6.33 Å². The van der Waals surface area contributed by atoms with Gasteiger partial charge >= 0.3 is 0 Å². The third-order valence-corrected chi connectivity index (χ3v) is 2.23. The fraction of sp³-hybridized carbons (Fsp3) is 0.636. The summed E-state index contributed by atoms with van der Waals surface area (Å²) < 4.78 is 1.98. The van der Waals surface area contributed by atoms with Gasteiger partial charge in [-0.15, -0.1) is 0 Å². The molecule has 1 heterocycles. The maximum absolute atomic E-state index is 11.4. The summed E-state index contributed by atoms with van der Waals surface area (Å²) in [5.74, 6) is 0.0717. The molecule has 0 aliphatic heterocycles. The number of carbonyl (C=O) groups excluding carboxylic acids is 1. The number of hydrogen-bond donors (Lipinski definition) is 2. The lowest BCUT2D eigenvalue weighted by molar-refractivity contribution is -0.121. The van der Waals surface area contributed by atoms with Crippen molar-refractivity contribution in [3.63, 3.8) is 0 Å². The van der Waals surface area contributed by atoms with Crippen LogP contribution < -0.4 is 11.1 Å². The van der Waals surface area contributed by atoms with Crippen LogP contribution in [0.3, 0.4) is 0 Å². The SMILES string of the molecule is CC(C)NC(=O)CCn1cncc1CCN. The highest BCUT2D eigenvalue weighted by atomic mass is 16.1. The third kappa shape index (κ3) is 4.02. The van der Waals surface area contributed by atoms with Gasteiger partial charge in [-0.25, -0.2) is 4.98 Å². The number of nitrogens with one attached hydrogen (secondary N) is 1. The molecule has 16 heavy (non-hydrogen) atoms. The predicted molar refractivity (Wildman–Crippen MR) is 62.9 cm³/mol. The van der Waals surface area contributed by atoms with Crippen molar-refractivity contribution in [1.29, 1.82) is 0 Å². The molecule has 5 nitrogen and oxygen atoms in total. The second-order valence-electron chi connectivity index (χ2n) is 4.09. The smallest absolute Gasteiger partial charge is 0.221 e. The van der Waals surface area contributed by atoms with Gasteiger partial charge in [0, 0.05) is 37.3 Å². The van der Waals surface area contributed by atoms with Gasteiger partial charge < -0.3 is 15.6 Å². The molecule has 1 amide bonds. The average Bonchev–Trinajstić information content (AvgIpc) is 2.62. The first kappa shape index (κ1) is 12.7. The molecule has 0 unspecified atom stereocenters. The van der Waals surface area contributed by atoms with E-state index in [1.807, 2.05) is 18.4 Å². The highest BCUT2D eigenvalue weighted by Crippen LogP contribution is 2.01. The Bertz CT molecular complexity index is 332. The average molecular weight is 224 g/mol. The standard InChI is InChI=1S/C11H20N4O/c1-9(2)14-11(16)4-6-15-8-13-7-10(15)3-5-12/h7-9H,3-6,12H2,1-2H3,(H,14,16). The normalized spacial score (nSPS) is 10.8. The highest BCUT2D eigenvalue weighted by molar-refractivity contribution is 5.76. The van der Waals surface area contributed by atoms with E-state index >= 15 is 0 Å². The quantitative estimate of drug-likeness (QED) is 0.730. The molecule has 1 rings (SSSR count). The molecule has 5 heteroatoms. The molecule has 0 bridgehead atoms. The number of nitrogens with two attached hydrogens (primary N) is 1. The Kier molecular flexibility index (Phi) is 4.98. The van der Waals surface area contributed by atoms with Crippen LogP contribution in [0.25, 0.3) is 0 Å². The summed E-state index contributed by atoms with van der Waals surface area (Å²) in [5, 5.41) is 2.86. The third-order valence-electron chi connectivity index (χ3n) is 2.23. The second kappa shape index (κ2) is 6.27. The maximum atomic E-state index is 11.4. The Morgan fingerprint density at radius 2 is 2.38 bits per heavy atom. The van der Waals surface area contributed by atoms with Crippen molar-refractivity contribution in [2.75, 3.05) is 6.54 Å². The minimum absolute atomic E-state index is 0.0717. The van der Waals surface area contributed by atoms with Gasteiger partial charge in [0.25, 0.3) is 0 Å². The van der Waals surface area contributed by atoms with Crippen LogP contribution in [-0.4, -0.2) is 28.0 Å². The molecular weight excluding hydrogens is 204 g/mol. The molecule has 0 radical (unpaired) electrons. The molecule has 0 atom stereocenters. The van der Waals surface area contributed by atoms with Crippen molar-refractivity contribution in [3.05, 3.63) is 18.2 Å². The summed E-state index contributed by atoms with van der Waals surface area (Å²) >= 11 is 0. The van der Waals surface area contributed by atoms with Crippen molar-refractivity contribution >= 4 is 5.91 Å². The van der Waals surface area contributed by atoms with Crippen LogP contribution >= 0.6 is 0 Å². The maximum Gasteiger partial charge on any atom is 0.221 e. The van der Waals surface area contributed by atoms with Crippen molar-refractivity contribution < 1.29 is 4.79 Å². The number of imidazole rings is 1. The largest absolute Gasteiger partial charge is 0.354 e. The lowest BCUT2D eigenvalue weighted by Crippen LogP contribution is -2.30. The van der Waals surface area contributed by atoms with Crippen LogP contribution in [0.15, 0.2) is 12.5 Å². The summed E-state index contributed by atoms with van der Waals surface area (Å²) in [7, 11) is 0. The minimum Gasteiger partial charge on any atom is -0.354 e. The summed E-state index contributed by atoms with van der Waals surface area (Å²) in [6, 6.07) is 0.193. The topological polar surface area (TPSA) is 72.9 Å². The van der Waals surface area contributed by atoms with Crippen molar-refractivity contribution in [2.24, 2.45) is 5.73 Å². The first-order valence-electron chi connectivity index (χ1n) is 5.62. The zero-order valence-electron chi connectivity index (χ0n) is 9.94. The number of amides is 1. The number of carbonyl (C=O) groups is 1. The van der Waals surface area contributed by atoms with Crippen LogP contribution in [-0.2, 0) is 17.8 Å². The fourth-order valence-corrected chi connectivity index (χ4v) is 1.52. The zero-order valence-corrected chi connectivity index (χ0v) is 9.94. The van der Waals surface area contributed by atoms with E-state index in [-0.39, 0.29) is 11.9 Å². The van der Waals surface area contributed by atoms with Crippen LogP contribution in [0.5, 0.6) is 0 Å². The number of aryl methyl sites for hydroxylation is 1. The zero-order chi connectivity index (χ0) is 12.0. The van der Waals surface area contributed by atoms with Crippen LogP contribution in [0.1, 0.15) is 26.0 Å². The summed E-state index contributed by atoms with van der Waals surface area (Å²) in [4.78, 5) is 15.5. The molecular formula is C11H20N4O. The molecule has 3 N–H and O–H groups in total. The Morgan fingerprint density at radius 3 is 3.00 bits per heavy atom. The number of nitrogens with zero attached hydrogens (tertiary/aromatic N) is 2. The van der Waals surface area contributed by atoms with Crippen molar-refractivity contribution in [2.45, 2.75) is 39.3 Å². The Hall–Kier alpha value is -1.36. The molecule has 1 aromatic rings. The minimum atomic E-state index is 0.0717. The van der Waals surface area contributed by atoms with E-state index in [4.69, 9.17) is 5.73 Å². The van der Waals surface area contributed by atoms with Gasteiger partial charge in [-0.3, -0.25) is 4.79 Å². The van der Waals surface area contributed by atoms with E-state index in [0.29, 0.717) is 19.5 Å². The van der Waals surface area contributed by atoms with E-state index < -0.39 is 0 Å². The summed E-state index contributed by atoms with van der Waals surface area (Å²) in [5.41, 5.74) is 6.57. The fourth-order valence-electron chi connectivity index (χ4n) is 1.52. The van der Waals surface area contributed by atoms with E-state index in [1.165, 1.54) is 0 Å². The Labute approximate surface area is 96.0 Å².